The van der Waals surface area contributed by atoms with Gasteiger partial charge in [0.1, 0.15) is 35.5 Å². The number of piperazine rings is 1. The average molecular weight is 1190 g/mol. The molecular formula is C62H69F2N9O11S. The molecule has 0 unspecified atom stereocenters. The molecule has 2 aromatic heterocycles. The van der Waals surface area contributed by atoms with Crippen molar-refractivity contribution in [1.29, 1.82) is 0 Å². The summed E-state index contributed by atoms with van der Waals surface area (Å²) in [7, 11) is -4.74. The smallest absolute Gasteiger partial charge is 0.297 e. The van der Waals surface area contributed by atoms with Gasteiger partial charge in [0.2, 0.25) is 5.88 Å². The van der Waals surface area contributed by atoms with Crippen molar-refractivity contribution in [3.8, 4) is 23.1 Å². The number of benzene rings is 4. The number of carbonyl (C=O) groups is 1. The lowest BCUT2D eigenvalue weighted by Gasteiger charge is -2.59. The van der Waals surface area contributed by atoms with E-state index in [1.54, 1.807) is 12.3 Å². The highest BCUT2D eigenvalue weighted by Crippen LogP contribution is 2.55. The van der Waals surface area contributed by atoms with Crippen LogP contribution in [0, 0.1) is 33.1 Å². The minimum Gasteiger partial charge on any atom is -0.493 e. The maximum Gasteiger partial charge on any atom is 0.297 e. The summed E-state index contributed by atoms with van der Waals surface area (Å²) in [5.41, 5.74) is 4.09. The highest BCUT2D eigenvalue weighted by molar-refractivity contribution is 7.90. The van der Waals surface area contributed by atoms with Gasteiger partial charge >= 0.3 is 0 Å². The molecule has 1 aliphatic carbocycles. The molecule has 7 aliphatic heterocycles. The van der Waals surface area contributed by atoms with E-state index in [9.17, 15) is 32.1 Å². The second-order valence-corrected chi connectivity index (χ2v) is 26.0. The number of halogens is 2. The van der Waals surface area contributed by atoms with Crippen molar-refractivity contribution in [2.45, 2.75) is 113 Å². The Morgan fingerprint density at radius 1 is 0.847 bits per heavy atom. The summed E-state index contributed by atoms with van der Waals surface area (Å²) >= 11 is 0. The Morgan fingerprint density at radius 3 is 2.46 bits per heavy atom. The zero-order valence-electron chi connectivity index (χ0n) is 47.5. The number of aromatic nitrogens is 2. The summed E-state index contributed by atoms with van der Waals surface area (Å²) < 4.78 is 96.9. The maximum absolute atomic E-state index is 15.0. The van der Waals surface area contributed by atoms with Crippen LogP contribution in [0.15, 0.2) is 90.0 Å². The minimum absolute atomic E-state index is 0.00760. The number of nitrogens with one attached hydrogen (secondary N) is 3. The summed E-state index contributed by atoms with van der Waals surface area (Å²) in [6.45, 7) is 10.2. The molecular weight excluding hydrogens is 1120 g/mol. The van der Waals surface area contributed by atoms with Gasteiger partial charge in [0.15, 0.2) is 23.1 Å². The fraction of sp³-hybridized carbons (Fsp3) is 0.484. The molecule has 4 aromatic carbocycles. The predicted molar refractivity (Wildman–Crippen MR) is 312 cm³/mol. The van der Waals surface area contributed by atoms with E-state index in [1.807, 2.05) is 50.2 Å². The van der Waals surface area contributed by atoms with Crippen molar-refractivity contribution < 1.29 is 55.3 Å². The van der Waals surface area contributed by atoms with Crippen molar-refractivity contribution >= 4 is 55.4 Å². The van der Waals surface area contributed by atoms with Crippen LogP contribution < -0.4 is 38.8 Å². The number of anilines is 4. The molecule has 4 saturated heterocycles. The fourth-order valence-electron chi connectivity index (χ4n) is 14.7. The number of nitro benzene ring substituents is 1. The number of H-pyrrole nitrogens is 1. The number of carbonyl (C=O) groups excluding carboxylic acids is 1. The molecule has 5 atom stereocenters. The summed E-state index contributed by atoms with van der Waals surface area (Å²) in [5.74, 6) is -0.984. The van der Waals surface area contributed by atoms with Gasteiger partial charge in [-0.25, -0.2) is 21.9 Å². The molecule has 448 valence electrons. The highest BCUT2D eigenvalue weighted by Gasteiger charge is 2.51. The molecule has 9 heterocycles. The van der Waals surface area contributed by atoms with Crippen molar-refractivity contribution in [2.75, 3.05) is 87.5 Å². The first-order valence-corrected chi connectivity index (χ1v) is 31.3. The number of para-hydroxylation sites is 1. The van der Waals surface area contributed by atoms with E-state index >= 15 is 0 Å². The lowest BCUT2D eigenvalue weighted by Crippen LogP contribution is -2.60. The molecule has 5 fully saturated rings. The van der Waals surface area contributed by atoms with Crippen LogP contribution in [0.3, 0.4) is 0 Å². The molecule has 23 heteroatoms. The van der Waals surface area contributed by atoms with Crippen LogP contribution in [-0.2, 0) is 19.5 Å². The van der Waals surface area contributed by atoms with Gasteiger partial charge in [-0.2, -0.15) is 4.98 Å². The van der Waals surface area contributed by atoms with Gasteiger partial charge in [-0.1, -0.05) is 18.2 Å². The third-order valence-electron chi connectivity index (χ3n) is 19.1. The topological polar surface area (TPSA) is 215 Å². The Morgan fingerprint density at radius 2 is 1.65 bits per heavy atom. The van der Waals surface area contributed by atoms with Crippen molar-refractivity contribution in [2.24, 2.45) is 11.3 Å². The van der Waals surface area contributed by atoms with E-state index in [0.717, 1.165) is 93.2 Å². The second kappa shape index (κ2) is 22.2. The van der Waals surface area contributed by atoms with Crippen molar-refractivity contribution in [1.82, 2.24) is 24.5 Å². The molecule has 14 rings (SSSR count). The number of rotatable bonds is 12. The van der Waals surface area contributed by atoms with Crippen LogP contribution >= 0.6 is 0 Å². The number of nitro groups is 1. The number of piperidine rings is 1. The van der Waals surface area contributed by atoms with Crippen LogP contribution in [0.5, 0.6) is 23.1 Å². The Kier molecular flexibility index (Phi) is 14.5. The number of aromatic amines is 1. The molecule has 6 aromatic rings. The molecule has 1 saturated carbocycles. The molecule has 3 N–H and O–H groups in total. The normalized spacial score (nSPS) is 24.4. The number of nitrogens with zero attached hydrogens (tertiary/aromatic N) is 6. The number of hydrogen-bond acceptors (Lipinski definition) is 17. The first-order valence-electron chi connectivity index (χ1n) is 29.8. The minimum atomic E-state index is -4.74. The van der Waals surface area contributed by atoms with E-state index in [1.165, 1.54) is 18.2 Å². The van der Waals surface area contributed by atoms with E-state index in [2.05, 4.69) is 46.8 Å². The number of pyridine rings is 1. The molecule has 20 nitrogen and oxygen atoms in total. The summed E-state index contributed by atoms with van der Waals surface area (Å²) in [4.78, 5) is 43.9. The van der Waals surface area contributed by atoms with Crippen LogP contribution in [0.25, 0.3) is 11.0 Å². The Balaban J connectivity index is 0.739. The van der Waals surface area contributed by atoms with E-state index in [-0.39, 0.29) is 71.8 Å². The Labute approximate surface area is 491 Å². The van der Waals surface area contributed by atoms with Crippen LogP contribution in [0.1, 0.15) is 98.8 Å². The SMILES string of the molecule is CC(C)Oc1ccccc1[C@@H]1CN([C@@H]2CCOc3cc(F)c(F)cc32)CCN1C1CC2(CCN(c3ccc(C(=O)NS(=O)(=O)c4cc5c(c([N+](=O)[O-])c4)N[C@H](C4CCOCC4)CO5)c(N4c5cc6cc[nH]c6nc5O[C@H]5COCC[C@@H]54)c3)CC2)C1. The largest absolute Gasteiger partial charge is 0.493 e. The molecule has 85 heavy (non-hydrogen) atoms. The number of hydrogen-bond donors (Lipinski definition) is 3. The number of amides is 1. The quantitative estimate of drug-likeness (QED) is 0.0768. The lowest BCUT2D eigenvalue weighted by molar-refractivity contribution is -0.384. The standard InChI is InChI=1S/C62H69F2N9O11S/c1-36(2)83-54-6-4-3-5-42(54)53-33-70(48-13-24-81-55-30-46(64)45(63)29-44(48)55)19-20-71(53)40-31-62(32-40)14-17-69(18-15-62)39-7-8-43(50(26-39)72-49-12-23-80-35-57(49)84-61-52(72)25-38-9-16-65-59(38)67-61)60(74)68-85(77,78)41-27-51(73(75)76)58-56(28-41)82-34-47(66-58)37-10-21-79-22-11-37/h3-9,16,25-30,36-37,40,47-49,53,57,66H,10-15,17-24,31-35H2,1-2H3,(H,65,67)(H,68,74)/t47-,48+,49-,53-,57-/m0/s1. The monoisotopic (exact) mass is 1190 g/mol. The molecule has 1 spiro atoms. The number of ether oxygens (including phenoxy) is 6. The number of sulfonamides is 1. The Bertz CT molecular complexity index is 3680. The first kappa shape index (κ1) is 55.6. The van der Waals surface area contributed by atoms with Crippen molar-refractivity contribution in [3.63, 3.8) is 0 Å². The fourth-order valence-corrected chi connectivity index (χ4v) is 15.7. The second-order valence-electron chi connectivity index (χ2n) is 24.4. The van der Waals surface area contributed by atoms with E-state index < -0.39 is 49.2 Å². The summed E-state index contributed by atoms with van der Waals surface area (Å²) in [6.07, 6.45) is 7.86. The molecule has 0 bridgehead atoms. The van der Waals surface area contributed by atoms with E-state index in [4.69, 9.17) is 33.4 Å². The number of fused-ring (bicyclic) bond motifs is 5. The van der Waals surface area contributed by atoms with Gasteiger partial charge in [-0.3, -0.25) is 24.7 Å². The highest BCUT2D eigenvalue weighted by atomic mass is 32.2. The zero-order chi connectivity index (χ0) is 58.3. The van der Waals surface area contributed by atoms with Crippen molar-refractivity contribution in [3.05, 3.63) is 123 Å². The van der Waals surface area contributed by atoms with Gasteiger partial charge < -0.3 is 48.5 Å². The van der Waals surface area contributed by atoms with Gasteiger partial charge in [0, 0.05) is 118 Å². The van der Waals surface area contributed by atoms with Crippen LogP contribution in [0.2, 0.25) is 0 Å². The van der Waals surface area contributed by atoms with Gasteiger partial charge in [0.05, 0.1) is 58.5 Å². The lowest BCUT2D eigenvalue weighted by atomic mass is 9.59. The summed E-state index contributed by atoms with van der Waals surface area (Å²) in [5, 5.41) is 16.7. The molecule has 8 aliphatic rings. The Hall–Kier alpha value is -7.31. The van der Waals surface area contributed by atoms with Crippen LogP contribution in [0.4, 0.5) is 37.2 Å². The van der Waals surface area contributed by atoms with Crippen LogP contribution in [-0.4, -0.2) is 142 Å². The predicted octanol–water partition coefficient (Wildman–Crippen LogP) is 9.57. The van der Waals surface area contributed by atoms with Gasteiger partial charge in [-0.05, 0) is 113 Å². The van der Waals surface area contributed by atoms with Gasteiger partial charge in [0.25, 0.3) is 21.6 Å². The third kappa shape index (κ3) is 10.4. The first-order chi connectivity index (χ1) is 41.2. The summed E-state index contributed by atoms with van der Waals surface area (Å²) in [6, 6.07) is 21.9. The maximum atomic E-state index is 15.0. The third-order valence-corrected chi connectivity index (χ3v) is 20.4. The average Bonchev–Trinajstić information content (AvgIpc) is 3.07. The van der Waals surface area contributed by atoms with Gasteiger partial charge in [-0.15, -0.1) is 0 Å². The molecule has 0 radical (unpaired) electrons. The zero-order valence-corrected chi connectivity index (χ0v) is 48.3. The van der Waals surface area contributed by atoms with E-state index in [0.29, 0.717) is 86.1 Å². The molecule has 1 amide bonds.